The first-order chi connectivity index (χ1) is 14.4. The fourth-order valence-electron chi connectivity index (χ4n) is 3.86. The minimum absolute atomic E-state index is 0.231. The first-order valence-corrected chi connectivity index (χ1v) is 10.1. The topological polar surface area (TPSA) is 63.6 Å². The van der Waals surface area contributed by atoms with Gasteiger partial charge in [0.25, 0.3) is 0 Å². The summed E-state index contributed by atoms with van der Waals surface area (Å²) in [5, 5.41) is 11.4. The van der Waals surface area contributed by atoms with Crippen molar-refractivity contribution in [2.75, 3.05) is 0 Å². The van der Waals surface area contributed by atoms with Crippen LogP contribution in [0.5, 0.6) is 0 Å². The Bertz CT molecular complexity index is 979. The maximum Gasteiger partial charge on any atom is 0.348 e. The zero-order chi connectivity index (χ0) is 22.9. The van der Waals surface area contributed by atoms with Crippen LogP contribution in [0.25, 0.3) is 6.08 Å². The molecule has 3 rings (SSSR count). The Kier molecular flexibility index (Phi) is 6.14. The fourth-order valence-corrected chi connectivity index (χ4v) is 3.86. The SMILES string of the molecule is CC(C)(C)OC(=O)[C@@]1(F)[C@H](c2ccc(F)cc2)CC(=O)C[C@]1(O)/C=C/c1ccccc1. The molecule has 0 amide bonds. The molecule has 0 radical (unpaired) electrons. The van der Waals surface area contributed by atoms with E-state index in [2.05, 4.69) is 0 Å². The second kappa shape index (κ2) is 8.35. The van der Waals surface area contributed by atoms with Crippen molar-refractivity contribution < 1.29 is 28.2 Å². The van der Waals surface area contributed by atoms with Crippen LogP contribution in [0.4, 0.5) is 8.78 Å². The highest BCUT2D eigenvalue weighted by molar-refractivity contribution is 5.92. The third-order valence-corrected chi connectivity index (χ3v) is 5.33. The van der Waals surface area contributed by atoms with E-state index in [1.165, 1.54) is 18.2 Å². The molecular formula is C25H26F2O4. The van der Waals surface area contributed by atoms with Crippen LogP contribution in [0.1, 0.15) is 50.7 Å². The number of Topliss-reactive ketones (excluding diaryl/α,β-unsaturated/α-hetero) is 1. The van der Waals surface area contributed by atoms with E-state index in [0.717, 1.165) is 18.2 Å². The van der Waals surface area contributed by atoms with Crippen molar-refractivity contribution in [1.29, 1.82) is 0 Å². The first kappa shape index (κ1) is 22.8. The first-order valence-electron chi connectivity index (χ1n) is 10.1. The lowest BCUT2D eigenvalue weighted by Gasteiger charge is -2.46. The largest absolute Gasteiger partial charge is 0.457 e. The second-order valence-electron chi connectivity index (χ2n) is 8.91. The summed E-state index contributed by atoms with van der Waals surface area (Å²) < 4.78 is 35.6. The molecule has 1 aliphatic carbocycles. The van der Waals surface area contributed by atoms with Crippen LogP contribution in [0.15, 0.2) is 60.7 Å². The third-order valence-electron chi connectivity index (χ3n) is 5.33. The summed E-state index contributed by atoms with van der Waals surface area (Å²) in [7, 11) is 0. The average molecular weight is 428 g/mol. The highest BCUT2D eigenvalue weighted by Crippen LogP contribution is 2.50. The van der Waals surface area contributed by atoms with Gasteiger partial charge in [0.1, 0.15) is 22.8 Å². The van der Waals surface area contributed by atoms with Crippen LogP contribution in [-0.2, 0) is 14.3 Å². The van der Waals surface area contributed by atoms with Crippen molar-refractivity contribution >= 4 is 17.8 Å². The number of alkyl halides is 1. The van der Waals surface area contributed by atoms with Gasteiger partial charge in [0.15, 0.2) is 0 Å². The lowest BCUT2D eigenvalue weighted by Crippen LogP contribution is -2.63. The van der Waals surface area contributed by atoms with E-state index >= 15 is 4.39 Å². The van der Waals surface area contributed by atoms with Crippen molar-refractivity contribution in [3.05, 3.63) is 77.6 Å². The molecule has 0 heterocycles. The molecule has 3 atom stereocenters. The number of halogens is 2. The molecular weight excluding hydrogens is 402 g/mol. The molecule has 1 N–H and O–H groups in total. The van der Waals surface area contributed by atoms with Crippen LogP contribution >= 0.6 is 0 Å². The van der Waals surface area contributed by atoms with Gasteiger partial charge >= 0.3 is 5.97 Å². The molecule has 2 aromatic rings. The third kappa shape index (κ3) is 4.74. The number of hydrogen-bond donors (Lipinski definition) is 1. The lowest BCUT2D eigenvalue weighted by atomic mass is 9.63. The van der Waals surface area contributed by atoms with Crippen molar-refractivity contribution in [2.45, 2.75) is 56.4 Å². The van der Waals surface area contributed by atoms with Gasteiger partial charge in [-0.25, -0.2) is 13.6 Å². The van der Waals surface area contributed by atoms with Gasteiger partial charge in [0.05, 0.1) is 0 Å². The maximum atomic E-state index is 16.9. The molecule has 4 nitrogen and oxygen atoms in total. The minimum atomic E-state index is -2.96. The van der Waals surface area contributed by atoms with Crippen LogP contribution in [0, 0.1) is 5.82 Å². The molecule has 164 valence electrons. The number of benzene rings is 2. The Labute approximate surface area is 180 Å². The van der Waals surface area contributed by atoms with Gasteiger partial charge in [-0.05, 0) is 50.1 Å². The summed E-state index contributed by atoms with van der Waals surface area (Å²) in [6, 6.07) is 13.7. The number of carbonyl (C=O) groups is 2. The molecule has 0 saturated heterocycles. The molecule has 6 heteroatoms. The Morgan fingerprint density at radius 3 is 2.32 bits per heavy atom. The Morgan fingerprint density at radius 2 is 1.74 bits per heavy atom. The molecule has 0 bridgehead atoms. The zero-order valence-corrected chi connectivity index (χ0v) is 17.8. The minimum Gasteiger partial charge on any atom is -0.457 e. The standard InChI is InChI=1S/C25H26F2O4/c1-23(2,3)31-22(29)25(27)21(18-9-11-19(26)12-10-18)15-20(28)16-24(25,30)14-13-17-7-5-4-6-8-17/h4-14,21,30H,15-16H2,1-3H3/b14-13+/t21-,24+,25-/m0/s1. The number of carbonyl (C=O) groups excluding carboxylic acids is 2. The van der Waals surface area contributed by atoms with Crippen LogP contribution in [0.3, 0.4) is 0 Å². The van der Waals surface area contributed by atoms with E-state index in [0.29, 0.717) is 5.56 Å². The predicted octanol–water partition coefficient (Wildman–Crippen LogP) is 4.77. The van der Waals surface area contributed by atoms with Gasteiger partial charge in [0.2, 0.25) is 5.67 Å². The normalized spacial score (nSPS) is 26.8. The molecule has 2 aromatic carbocycles. The molecule has 0 aromatic heterocycles. The van der Waals surface area contributed by atoms with Gasteiger partial charge in [-0.1, -0.05) is 48.5 Å². The zero-order valence-electron chi connectivity index (χ0n) is 17.8. The number of rotatable bonds is 4. The van der Waals surface area contributed by atoms with E-state index in [9.17, 15) is 19.1 Å². The van der Waals surface area contributed by atoms with Gasteiger partial charge in [-0.2, -0.15) is 0 Å². The Balaban J connectivity index is 2.13. The molecule has 0 unspecified atom stereocenters. The predicted molar refractivity (Wildman–Crippen MR) is 113 cm³/mol. The fraction of sp³-hybridized carbons (Fsp3) is 0.360. The number of esters is 1. The summed E-state index contributed by atoms with van der Waals surface area (Å²) >= 11 is 0. The van der Waals surface area contributed by atoms with E-state index < -0.39 is 46.8 Å². The van der Waals surface area contributed by atoms with Gasteiger partial charge < -0.3 is 9.84 Å². The van der Waals surface area contributed by atoms with Gasteiger partial charge in [-0.15, -0.1) is 0 Å². The highest BCUT2D eigenvalue weighted by Gasteiger charge is 2.66. The number of aliphatic hydroxyl groups is 1. The molecule has 0 spiro atoms. The van der Waals surface area contributed by atoms with E-state index in [1.54, 1.807) is 51.1 Å². The second-order valence-corrected chi connectivity index (χ2v) is 8.91. The summed E-state index contributed by atoms with van der Waals surface area (Å²) in [4.78, 5) is 25.7. The van der Waals surface area contributed by atoms with E-state index in [-0.39, 0.29) is 12.0 Å². The van der Waals surface area contributed by atoms with Crippen LogP contribution in [0.2, 0.25) is 0 Å². The Hall–Kier alpha value is -2.86. The molecule has 31 heavy (non-hydrogen) atoms. The molecule has 1 aliphatic rings. The molecule has 1 fully saturated rings. The van der Waals surface area contributed by atoms with Crippen LogP contribution < -0.4 is 0 Å². The van der Waals surface area contributed by atoms with Gasteiger partial charge in [0, 0.05) is 18.8 Å². The van der Waals surface area contributed by atoms with E-state index in [4.69, 9.17) is 4.74 Å². The van der Waals surface area contributed by atoms with Crippen molar-refractivity contribution in [2.24, 2.45) is 0 Å². The molecule has 0 aliphatic heterocycles. The summed E-state index contributed by atoms with van der Waals surface area (Å²) in [5.41, 5.74) is -5.53. The van der Waals surface area contributed by atoms with Crippen molar-refractivity contribution in [1.82, 2.24) is 0 Å². The van der Waals surface area contributed by atoms with Crippen LogP contribution in [-0.4, -0.2) is 33.7 Å². The van der Waals surface area contributed by atoms with Crippen molar-refractivity contribution in [3.8, 4) is 0 Å². The maximum absolute atomic E-state index is 16.9. The Morgan fingerprint density at radius 1 is 1.13 bits per heavy atom. The number of ether oxygens (including phenoxy) is 1. The summed E-state index contributed by atoms with van der Waals surface area (Å²) in [6.45, 7) is 4.77. The van der Waals surface area contributed by atoms with Gasteiger partial charge in [-0.3, -0.25) is 4.79 Å². The summed E-state index contributed by atoms with van der Waals surface area (Å²) in [5.74, 6) is -3.55. The average Bonchev–Trinajstić information content (AvgIpc) is 2.69. The van der Waals surface area contributed by atoms with Crippen molar-refractivity contribution in [3.63, 3.8) is 0 Å². The number of hydrogen-bond acceptors (Lipinski definition) is 4. The quantitative estimate of drug-likeness (QED) is 0.713. The smallest absolute Gasteiger partial charge is 0.348 e. The number of ketones is 1. The monoisotopic (exact) mass is 428 g/mol. The summed E-state index contributed by atoms with van der Waals surface area (Å²) in [6.07, 6.45) is 1.73. The van der Waals surface area contributed by atoms with E-state index in [1.807, 2.05) is 0 Å². The lowest BCUT2D eigenvalue weighted by molar-refractivity contribution is -0.194. The highest BCUT2D eigenvalue weighted by atomic mass is 19.1. The molecule has 1 saturated carbocycles.